The first-order valence-electron chi connectivity index (χ1n) is 31.9. The quantitative estimate of drug-likeness (QED) is 0.0368. The molecule has 12 rings (SSSR count). The molecule has 0 fully saturated rings. The Kier molecular flexibility index (Phi) is 23.9. The highest BCUT2D eigenvalue weighted by molar-refractivity contribution is 6.33. The van der Waals surface area contributed by atoms with E-state index in [9.17, 15) is 18.0 Å². The number of halogens is 4. The summed E-state index contributed by atoms with van der Waals surface area (Å²) in [7, 11) is 11.7. The number of aryl methyl sites for hydroxylation is 2. The minimum atomic E-state index is -4.25. The fourth-order valence-electron chi connectivity index (χ4n) is 10.7. The van der Waals surface area contributed by atoms with Gasteiger partial charge in [0.05, 0.1) is 140 Å². The molecule has 6 aromatic heterocycles. The van der Waals surface area contributed by atoms with Crippen LogP contribution in [0.2, 0.25) is 5.02 Å². The van der Waals surface area contributed by atoms with E-state index < -0.39 is 12.7 Å². The number of nitrogens with zero attached hydrogens (tertiary/aromatic N) is 14. The second-order valence-corrected chi connectivity index (χ2v) is 23.6. The van der Waals surface area contributed by atoms with E-state index in [1.165, 1.54) is 6.92 Å². The number of alkyl halides is 3. The van der Waals surface area contributed by atoms with Crippen LogP contribution in [0.5, 0.6) is 28.7 Å². The van der Waals surface area contributed by atoms with Crippen LogP contribution in [-0.2, 0) is 18.9 Å². The zero-order valence-electron chi connectivity index (χ0n) is 57.0. The lowest BCUT2D eigenvalue weighted by Crippen LogP contribution is -2.32. The molecule has 4 N–H and O–H groups in total. The number of hydrogen-bond acceptors (Lipinski definition) is 20. The van der Waals surface area contributed by atoms with Crippen LogP contribution in [0.15, 0.2) is 165 Å². The first-order valence-corrected chi connectivity index (χ1v) is 32.3. The monoisotopic (exact) mass is 1380 g/mol. The van der Waals surface area contributed by atoms with Crippen molar-refractivity contribution in [3.63, 3.8) is 0 Å². The number of aromatic amines is 1. The van der Waals surface area contributed by atoms with Crippen molar-refractivity contribution in [1.82, 2.24) is 75.6 Å². The maximum atomic E-state index is 12.5. The Morgan fingerprint density at radius 3 is 1.41 bits per heavy atom. The van der Waals surface area contributed by atoms with E-state index in [1.807, 2.05) is 135 Å². The maximum absolute atomic E-state index is 12.5. The maximum Gasteiger partial charge on any atom is 0.401 e. The first kappa shape index (κ1) is 71.6. The number of anilines is 6. The van der Waals surface area contributed by atoms with Gasteiger partial charge in [-0.15, -0.1) is 0 Å². The van der Waals surface area contributed by atoms with Gasteiger partial charge < -0.3 is 54.3 Å². The number of rotatable bonds is 26. The molecule has 1 amide bonds. The standard InChI is InChI=1S/C25H27F3N6O2.C24H26N6O3.C23H25ClN6O/c1-33-15-17(13-31-33)24-14-30-22-6-5-18(11-23(22)32-24)34(8-4-7-29-16-25(26,27)28)19-9-20(35-2)12-21(10-19)36-3;1-16(31)25-7-8-30(19-9-20(32-3)12-21(10-19)33-4)18-5-6-22-23(11-18)28-24(14-26-22)17-13-27-29(2)15-17;1-15(2)25-8-9-30(23-11-18(31-3)5-6-19(23)24)17-4-7-20-21(10-17)29-22(14-26-20)16-12-27-28-13-16/h5-6,9-15,29H,4,7-8,16H2,1-3H3;5-6,9-15H,7-8H2,1-4H3,(H,25,31);4-7,10-15,25H,8-9H2,1-3H3,(H,27,28). The lowest BCUT2D eigenvalue weighted by atomic mass is 10.1. The van der Waals surface area contributed by atoms with Gasteiger partial charge in [-0.3, -0.25) is 34.2 Å². The highest BCUT2D eigenvalue weighted by Crippen LogP contribution is 2.39. The number of carbonyl (C=O) groups is 1. The number of ether oxygens (including phenoxy) is 5. The van der Waals surface area contributed by atoms with Gasteiger partial charge in [0.1, 0.15) is 28.7 Å². The Morgan fingerprint density at radius 2 is 0.990 bits per heavy atom. The van der Waals surface area contributed by atoms with Crippen LogP contribution in [-0.4, -0.2) is 159 Å². The van der Waals surface area contributed by atoms with Crippen LogP contribution in [0, 0.1) is 0 Å². The van der Waals surface area contributed by atoms with Gasteiger partial charge in [-0.1, -0.05) is 25.4 Å². The molecule has 0 saturated carbocycles. The lowest BCUT2D eigenvalue weighted by Gasteiger charge is -2.27. The van der Waals surface area contributed by atoms with E-state index >= 15 is 0 Å². The molecule has 0 saturated heterocycles. The van der Waals surface area contributed by atoms with Crippen molar-refractivity contribution in [2.45, 2.75) is 39.4 Å². The highest BCUT2D eigenvalue weighted by atomic mass is 35.5. The molecule has 6 aromatic carbocycles. The van der Waals surface area contributed by atoms with Gasteiger partial charge >= 0.3 is 6.18 Å². The summed E-state index contributed by atoms with van der Waals surface area (Å²) in [6.45, 7) is 7.92. The molecule has 24 nitrogen and oxygen atoms in total. The summed E-state index contributed by atoms with van der Waals surface area (Å²) >= 11 is 6.59. The topological polar surface area (TPSA) is 251 Å². The molecule has 100 heavy (non-hydrogen) atoms. The fourth-order valence-corrected chi connectivity index (χ4v) is 11.0. The Hall–Kier alpha value is -11.2. The second kappa shape index (κ2) is 33.4. The summed E-state index contributed by atoms with van der Waals surface area (Å²) in [6.07, 6.45) is 12.2. The molecule has 0 spiro atoms. The van der Waals surface area contributed by atoms with E-state index in [0.717, 1.165) is 109 Å². The summed E-state index contributed by atoms with van der Waals surface area (Å²) in [5.74, 6) is 3.22. The molecule has 0 aliphatic carbocycles. The molecule has 0 atom stereocenters. The molecule has 0 aliphatic rings. The van der Waals surface area contributed by atoms with Crippen molar-refractivity contribution in [2.75, 3.05) is 96.1 Å². The number of hydrogen-bond donors (Lipinski definition) is 4. The summed E-state index contributed by atoms with van der Waals surface area (Å²) in [4.78, 5) is 45.7. The van der Waals surface area contributed by atoms with Crippen molar-refractivity contribution < 1.29 is 41.7 Å². The van der Waals surface area contributed by atoms with Crippen LogP contribution in [0.25, 0.3) is 66.9 Å². The minimum absolute atomic E-state index is 0.0799. The summed E-state index contributed by atoms with van der Waals surface area (Å²) < 4.78 is 68.2. The molecular weight excluding hydrogens is 1310 g/mol. The molecule has 0 bridgehead atoms. The number of aromatic nitrogens is 12. The van der Waals surface area contributed by atoms with Crippen LogP contribution in [0.4, 0.5) is 47.3 Å². The van der Waals surface area contributed by atoms with E-state index in [-0.39, 0.29) is 12.5 Å². The number of amides is 1. The van der Waals surface area contributed by atoms with Crippen molar-refractivity contribution >= 4 is 84.7 Å². The smallest absolute Gasteiger partial charge is 0.401 e. The largest absolute Gasteiger partial charge is 0.497 e. The zero-order chi connectivity index (χ0) is 70.9. The van der Waals surface area contributed by atoms with Gasteiger partial charge in [0, 0.05) is 166 Å². The predicted octanol–water partition coefficient (Wildman–Crippen LogP) is 12.9. The number of benzene rings is 6. The predicted molar refractivity (Wildman–Crippen MR) is 384 cm³/mol. The molecule has 12 aromatic rings. The van der Waals surface area contributed by atoms with Crippen molar-refractivity contribution in [3.8, 4) is 62.5 Å². The van der Waals surface area contributed by atoms with Gasteiger partial charge in [0.25, 0.3) is 0 Å². The van der Waals surface area contributed by atoms with Gasteiger partial charge in [-0.05, 0) is 79.7 Å². The Labute approximate surface area is 581 Å². The molecule has 28 heteroatoms. The Balaban J connectivity index is 0.000000162. The minimum Gasteiger partial charge on any atom is -0.497 e. The van der Waals surface area contributed by atoms with Crippen LogP contribution < -0.4 is 54.3 Å². The van der Waals surface area contributed by atoms with E-state index in [1.54, 1.807) is 94.4 Å². The molecule has 0 unspecified atom stereocenters. The third kappa shape index (κ3) is 18.9. The van der Waals surface area contributed by atoms with E-state index in [2.05, 4.69) is 74.9 Å². The van der Waals surface area contributed by atoms with Crippen molar-refractivity contribution in [2.24, 2.45) is 14.1 Å². The fraction of sp³-hybridized carbons (Fsp3) is 0.278. The third-order valence-corrected chi connectivity index (χ3v) is 16.0. The van der Waals surface area contributed by atoms with Crippen molar-refractivity contribution in [3.05, 3.63) is 170 Å². The Morgan fingerprint density at radius 1 is 0.530 bits per heavy atom. The molecule has 0 radical (unpaired) electrons. The zero-order valence-corrected chi connectivity index (χ0v) is 57.8. The van der Waals surface area contributed by atoms with Crippen molar-refractivity contribution in [1.29, 1.82) is 0 Å². The van der Waals surface area contributed by atoms with Gasteiger partial charge in [-0.25, -0.2) is 15.0 Å². The summed E-state index contributed by atoms with van der Waals surface area (Å²) in [5, 5.41) is 24.7. The molecule has 520 valence electrons. The van der Waals surface area contributed by atoms with E-state index in [4.69, 9.17) is 50.2 Å². The number of methoxy groups -OCH3 is 5. The Bertz CT molecular complexity index is 4670. The number of fused-ring (bicyclic) bond motifs is 3. The van der Waals surface area contributed by atoms with Gasteiger partial charge in [-0.2, -0.15) is 28.5 Å². The van der Waals surface area contributed by atoms with Gasteiger partial charge in [0.15, 0.2) is 0 Å². The number of H-pyrrole nitrogens is 1. The summed E-state index contributed by atoms with van der Waals surface area (Å²) in [6, 6.07) is 34.9. The van der Waals surface area contributed by atoms with E-state index in [0.29, 0.717) is 71.3 Å². The first-order chi connectivity index (χ1) is 48.3. The number of carbonyl (C=O) groups excluding carboxylic acids is 1. The molecule has 6 heterocycles. The number of nitrogens with one attached hydrogen (secondary N) is 4. The normalized spacial score (nSPS) is 11.2. The molecular formula is C72H78ClF3N18O6. The second-order valence-electron chi connectivity index (χ2n) is 23.2. The van der Waals surface area contributed by atoms with Gasteiger partial charge in [0.2, 0.25) is 5.91 Å². The molecule has 0 aliphatic heterocycles. The third-order valence-electron chi connectivity index (χ3n) is 15.7. The average Bonchev–Trinajstić information content (AvgIpc) is 1.03. The average molecular weight is 1380 g/mol. The van der Waals surface area contributed by atoms with Crippen LogP contribution in [0.3, 0.4) is 0 Å². The van der Waals surface area contributed by atoms with Crippen LogP contribution in [0.1, 0.15) is 27.2 Å². The summed E-state index contributed by atoms with van der Waals surface area (Å²) in [5.41, 5.74) is 14.7. The SMILES string of the molecule is COc1cc(OC)cc(N(CCCNCC(F)(F)F)c2ccc3ncc(-c4cnn(C)c4)nc3c2)c1.COc1cc(OC)cc(N(CCNC(C)=O)c2ccc3ncc(-c4cnn(C)c4)nc3c2)c1.COc1ccc(Cl)c(N(CCNC(C)C)c2ccc3ncc(-c4cn[nH]c4)nc3c2)c1. The lowest BCUT2D eigenvalue weighted by molar-refractivity contribution is -0.124. The van der Waals surface area contributed by atoms with Crippen LogP contribution >= 0.6 is 11.6 Å². The highest BCUT2D eigenvalue weighted by Gasteiger charge is 2.26.